The van der Waals surface area contributed by atoms with Gasteiger partial charge in [-0.05, 0) is 11.6 Å². The maximum atomic E-state index is 10.5. The van der Waals surface area contributed by atoms with Crippen LogP contribution in [0.4, 0.5) is 0 Å². The van der Waals surface area contributed by atoms with Crippen LogP contribution in [-0.4, -0.2) is 12.8 Å². The number of carbonyl (C=O) groups excluding carboxylic acids is 1. The number of benzene rings is 1. The normalized spacial score (nSPS) is 11.3. The van der Waals surface area contributed by atoms with Gasteiger partial charge in [0.25, 0.3) is 0 Å². The second kappa shape index (κ2) is 3.71. The molecule has 0 radical (unpaired) electrons. The number of carbonyl (C=O) groups is 1. The summed E-state index contributed by atoms with van der Waals surface area (Å²) in [4.78, 5) is 10.5. The summed E-state index contributed by atoms with van der Waals surface area (Å²) in [6.45, 7) is 4.71. The molecule has 0 unspecified atom stereocenters. The van der Waals surface area contributed by atoms with Crippen LogP contribution in [0.1, 0.15) is 29.8 Å². The van der Waals surface area contributed by atoms with E-state index in [0.29, 0.717) is 12.1 Å². The van der Waals surface area contributed by atoms with E-state index in [9.17, 15) is 4.79 Å². The largest absolute Gasteiger partial charge is 0.330 e. The van der Waals surface area contributed by atoms with E-state index in [1.54, 1.807) is 6.07 Å². The van der Waals surface area contributed by atoms with Gasteiger partial charge in [0.2, 0.25) is 0 Å². The molecule has 13 heavy (non-hydrogen) atoms. The van der Waals surface area contributed by atoms with Gasteiger partial charge in [-0.15, -0.1) is 0 Å². The van der Waals surface area contributed by atoms with Crippen molar-refractivity contribution < 1.29 is 4.79 Å². The molecule has 1 rings (SSSR count). The van der Waals surface area contributed by atoms with Crippen molar-refractivity contribution in [3.63, 3.8) is 0 Å². The average Bonchev–Trinajstić information content (AvgIpc) is 2.18. The van der Waals surface area contributed by atoms with Crippen LogP contribution in [0, 0.1) is 0 Å². The molecule has 2 N–H and O–H groups in total. The van der Waals surface area contributed by atoms with Crippen LogP contribution < -0.4 is 5.73 Å². The van der Waals surface area contributed by atoms with Gasteiger partial charge < -0.3 is 5.73 Å². The van der Waals surface area contributed by atoms with Gasteiger partial charge >= 0.3 is 0 Å². The van der Waals surface area contributed by atoms with Crippen LogP contribution in [-0.2, 0) is 5.41 Å². The van der Waals surface area contributed by atoms with E-state index in [1.165, 1.54) is 0 Å². The zero-order chi connectivity index (χ0) is 9.90. The highest BCUT2D eigenvalue weighted by atomic mass is 16.1. The molecule has 2 nitrogen and oxygen atoms in total. The van der Waals surface area contributed by atoms with E-state index in [2.05, 4.69) is 13.8 Å². The second-order valence-electron chi connectivity index (χ2n) is 3.83. The first-order valence-electron chi connectivity index (χ1n) is 4.36. The van der Waals surface area contributed by atoms with E-state index >= 15 is 0 Å². The highest BCUT2D eigenvalue weighted by molar-refractivity contribution is 5.75. The molecule has 1 aromatic carbocycles. The average molecular weight is 177 g/mol. The van der Waals surface area contributed by atoms with Crippen molar-refractivity contribution >= 4 is 6.29 Å². The maximum Gasteiger partial charge on any atom is 0.150 e. The lowest BCUT2D eigenvalue weighted by atomic mass is 9.84. The minimum atomic E-state index is -0.0565. The molecule has 1 aromatic rings. The zero-order valence-electron chi connectivity index (χ0n) is 8.08. The third kappa shape index (κ3) is 2.16. The Kier molecular flexibility index (Phi) is 2.83. The first kappa shape index (κ1) is 9.93. The highest BCUT2D eigenvalue weighted by Gasteiger charge is 2.18. The smallest absolute Gasteiger partial charge is 0.150 e. The molecule has 0 aliphatic heterocycles. The second-order valence-corrected chi connectivity index (χ2v) is 3.83. The van der Waals surface area contributed by atoms with Crippen LogP contribution in [0.2, 0.25) is 0 Å². The zero-order valence-corrected chi connectivity index (χ0v) is 8.08. The summed E-state index contributed by atoms with van der Waals surface area (Å²) in [6.07, 6.45) is 0.857. The van der Waals surface area contributed by atoms with Crippen LogP contribution in [0.3, 0.4) is 0 Å². The fraction of sp³-hybridized carbons (Fsp3) is 0.364. The molecule has 0 heterocycles. The van der Waals surface area contributed by atoms with Gasteiger partial charge in [-0.1, -0.05) is 32.0 Å². The third-order valence-electron chi connectivity index (χ3n) is 2.31. The monoisotopic (exact) mass is 177 g/mol. The van der Waals surface area contributed by atoms with Crippen LogP contribution in [0.25, 0.3) is 0 Å². The van der Waals surface area contributed by atoms with Gasteiger partial charge in [0, 0.05) is 17.5 Å². The number of nitrogens with two attached hydrogens (primary N) is 1. The molecule has 0 aliphatic carbocycles. The number of hydrogen-bond donors (Lipinski definition) is 1. The molecular formula is C11H15NO. The van der Waals surface area contributed by atoms with E-state index in [1.807, 2.05) is 18.2 Å². The summed E-state index contributed by atoms with van der Waals surface area (Å²) in [5.74, 6) is 0. The summed E-state index contributed by atoms with van der Waals surface area (Å²) in [5, 5.41) is 0. The number of rotatable bonds is 3. The summed E-state index contributed by atoms with van der Waals surface area (Å²) < 4.78 is 0. The molecule has 0 saturated carbocycles. The minimum absolute atomic E-state index is 0.0565. The van der Waals surface area contributed by atoms with Crippen molar-refractivity contribution in [3.8, 4) is 0 Å². The molecule has 0 aliphatic rings. The Balaban J connectivity index is 3.08. The molecule has 2 heteroatoms. The van der Waals surface area contributed by atoms with Gasteiger partial charge in [-0.2, -0.15) is 0 Å². The van der Waals surface area contributed by atoms with Crippen molar-refractivity contribution in [1.29, 1.82) is 0 Å². The number of hydrogen-bond acceptors (Lipinski definition) is 2. The molecule has 0 bridgehead atoms. The Hall–Kier alpha value is -1.15. The lowest BCUT2D eigenvalue weighted by Gasteiger charge is -2.23. The topological polar surface area (TPSA) is 43.1 Å². The quantitative estimate of drug-likeness (QED) is 0.714. The Morgan fingerprint density at radius 2 is 2.15 bits per heavy atom. The van der Waals surface area contributed by atoms with Crippen LogP contribution >= 0.6 is 0 Å². The van der Waals surface area contributed by atoms with Gasteiger partial charge in [0.05, 0.1) is 0 Å². The fourth-order valence-electron chi connectivity index (χ4n) is 1.15. The van der Waals surface area contributed by atoms with Crippen molar-refractivity contribution in [2.24, 2.45) is 5.73 Å². The SMILES string of the molecule is CC(C)(CN)c1cccc(C=O)c1. The fourth-order valence-corrected chi connectivity index (χ4v) is 1.15. The number of aldehydes is 1. The molecule has 0 aromatic heterocycles. The lowest BCUT2D eigenvalue weighted by Crippen LogP contribution is -2.28. The Morgan fingerprint density at radius 3 is 2.69 bits per heavy atom. The highest BCUT2D eigenvalue weighted by Crippen LogP contribution is 2.21. The standard InChI is InChI=1S/C11H15NO/c1-11(2,8-12)10-5-3-4-9(6-10)7-13/h3-7H,8,12H2,1-2H3. The first-order valence-corrected chi connectivity index (χ1v) is 4.36. The Morgan fingerprint density at radius 1 is 1.46 bits per heavy atom. The summed E-state index contributed by atoms with van der Waals surface area (Å²) in [5.41, 5.74) is 7.40. The van der Waals surface area contributed by atoms with E-state index in [4.69, 9.17) is 5.73 Å². The molecule has 0 fully saturated rings. The van der Waals surface area contributed by atoms with Gasteiger partial charge in [0.1, 0.15) is 6.29 Å². The molecule has 0 amide bonds. The molecule has 0 saturated heterocycles. The van der Waals surface area contributed by atoms with Gasteiger partial charge in [0.15, 0.2) is 0 Å². The summed E-state index contributed by atoms with van der Waals surface area (Å²) in [7, 11) is 0. The maximum absolute atomic E-state index is 10.5. The van der Waals surface area contributed by atoms with Crippen LogP contribution in [0.5, 0.6) is 0 Å². The summed E-state index contributed by atoms with van der Waals surface area (Å²) >= 11 is 0. The molecule has 0 atom stereocenters. The Bertz CT molecular complexity index is 305. The van der Waals surface area contributed by atoms with Gasteiger partial charge in [-0.3, -0.25) is 4.79 Å². The van der Waals surface area contributed by atoms with E-state index in [0.717, 1.165) is 11.8 Å². The Labute approximate surface area is 78.8 Å². The molecule has 70 valence electrons. The van der Waals surface area contributed by atoms with Crippen molar-refractivity contribution in [2.75, 3.05) is 6.54 Å². The molecule has 0 spiro atoms. The van der Waals surface area contributed by atoms with Crippen molar-refractivity contribution in [1.82, 2.24) is 0 Å². The lowest BCUT2D eigenvalue weighted by molar-refractivity contribution is 0.112. The van der Waals surface area contributed by atoms with Crippen LogP contribution in [0.15, 0.2) is 24.3 Å². The van der Waals surface area contributed by atoms with Gasteiger partial charge in [-0.25, -0.2) is 0 Å². The van der Waals surface area contributed by atoms with E-state index in [-0.39, 0.29) is 5.41 Å². The minimum Gasteiger partial charge on any atom is -0.330 e. The summed E-state index contributed by atoms with van der Waals surface area (Å²) in [6, 6.07) is 7.57. The third-order valence-corrected chi connectivity index (χ3v) is 2.31. The van der Waals surface area contributed by atoms with Crippen molar-refractivity contribution in [3.05, 3.63) is 35.4 Å². The predicted molar refractivity (Wildman–Crippen MR) is 53.9 cm³/mol. The molecular weight excluding hydrogens is 162 g/mol. The first-order chi connectivity index (χ1) is 6.10. The van der Waals surface area contributed by atoms with Crippen molar-refractivity contribution in [2.45, 2.75) is 19.3 Å². The van der Waals surface area contributed by atoms with E-state index < -0.39 is 0 Å². The predicted octanol–water partition coefficient (Wildman–Crippen LogP) is 1.74.